The van der Waals surface area contributed by atoms with Crippen LogP contribution in [0.3, 0.4) is 0 Å². The van der Waals surface area contributed by atoms with Crippen LogP contribution in [0.1, 0.15) is 18.9 Å². The van der Waals surface area contributed by atoms with Crippen LogP contribution >= 0.6 is 0 Å². The number of nitriles is 1. The predicted molar refractivity (Wildman–Crippen MR) is 70.7 cm³/mol. The molecular formula is C14H18N2O3. The van der Waals surface area contributed by atoms with Crippen molar-refractivity contribution in [1.82, 2.24) is 5.32 Å². The molecule has 19 heavy (non-hydrogen) atoms. The van der Waals surface area contributed by atoms with Crippen molar-refractivity contribution >= 4 is 5.91 Å². The molecule has 5 heteroatoms. The van der Waals surface area contributed by atoms with Gasteiger partial charge in [-0.25, -0.2) is 0 Å². The summed E-state index contributed by atoms with van der Waals surface area (Å²) < 4.78 is 10.4. The average molecular weight is 262 g/mol. The van der Waals surface area contributed by atoms with Crippen LogP contribution < -0.4 is 10.1 Å². The standard InChI is InChI=1S/C14H18N2O3/c1-11(14(17)16-8-5-9-18-2)19-13-7-4-3-6-12(13)10-15/h3-4,6-7,11H,5,8-9H2,1-2H3,(H,16,17). The first kappa shape index (κ1) is 15.0. The number of carbonyl (C=O) groups excluding carboxylic acids is 1. The lowest BCUT2D eigenvalue weighted by Crippen LogP contribution is -2.37. The van der Waals surface area contributed by atoms with Crippen LogP contribution in [0.2, 0.25) is 0 Å². The molecule has 0 saturated carbocycles. The number of methoxy groups -OCH3 is 1. The fraction of sp³-hybridized carbons (Fsp3) is 0.429. The van der Waals surface area contributed by atoms with E-state index in [0.717, 1.165) is 6.42 Å². The minimum atomic E-state index is -0.642. The Balaban J connectivity index is 2.48. The summed E-state index contributed by atoms with van der Waals surface area (Å²) >= 11 is 0. The summed E-state index contributed by atoms with van der Waals surface area (Å²) in [5.74, 6) is 0.216. The molecule has 1 rings (SSSR count). The fourth-order valence-corrected chi connectivity index (χ4v) is 1.48. The first-order valence-electron chi connectivity index (χ1n) is 6.11. The molecule has 0 heterocycles. The predicted octanol–water partition coefficient (Wildman–Crippen LogP) is 1.48. The third-order valence-corrected chi connectivity index (χ3v) is 2.50. The number of ether oxygens (including phenoxy) is 2. The third kappa shape index (κ3) is 4.98. The van der Waals surface area contributed by atoms with Crippen LogP contribution in [-0.2, 0) is 9.53 Å². The summed E-state index contributed by atoms with van der Waals surface area (Å²) in [6, 6.07) is 8.87. The maximum absolute atomic E-state index is 11.8. The number of rotatable bonds is 7. The monoisotopic (exact) mass is 262 g/mol. The molecule has 1 aromatic carbocycles. The first-order valence-corrected chi connectivity index (χ1v) is 6.11. The lowest BCUT2D eigenvalue weighted by atomic mass is 10.2. The number of nitrogens with zero attached hydrogens (tertiary/aromatic N) is 1. The molecule has 1 amide bonds. The maximum Gasteiger partial charge on any atom is 0.260 e. The number of para-hydroxylation sites is 1. The molecule has 0 aromatic heterocycles. The summed E-state index contributed by atoms with van der Waals surface area (Å²) in [5.41, 5.74) is 0.418. The smallest absolute Gasteiger partial charge is 0.260 e. The van der Waals surface area contributed by atoms with Crippen LogP contribution in [-0.4, -0.2) is 32.3 Å². The van der Waals surface area contributed by atoms with Crippen LogP contribution in [0.15, 0.2) is 24.3 Å². The van der Waals surface area contributed by atoms with E-state index in [1.807, 2.05) is 6.07 Å². The molecule has 1 aromatic rings. The van der Waals surface area contributed by atoms with Crippen LogP contribution in [0.4, 0.5) is 0 Å². The van der Waals surface area contributed by atoms with Gasteiger partial charge in [0.15, 0.2) is 6.10 Å². The van der Waals surface area contributed by atoms with Crippen molar-refractivity contribution in [2.45, 2.75) is 19.4 Å². The quantitative estimate of drug-likeness (QED) is 0.755. The minimum absolute atomic E-state index is 0.205. The van der Waals surface area contributed by atoms with Gasteiger partial charge in [-0.05, 0) is 25.5 Å². The van der Waals surface area contributed by atoms with Gasteiger partial charge in [0.2, 0.25) is 0 Å². The van der Waals surface area contributed by atoms with E-state index in [1.165, 1.54) is 0 Å². The molecule has 0 fully saturated rings. The largest absolute Gasteiger partial charge is 0.480 e. The second kappa shape index (κ2) is 8.11. The van der Waals surface area contributed by atoms with Crippen molar-refractivity contribution in [2.75, 3.05) is 20.3 Å². The van der Waals surface area contributed by atoms with Crippen molar-refractivity contribution in [1.29, 1.82) is 5.26 Å². The molecule has 0 saturated heterocycles. The van der Waals surface area contributed by atoms with E-state index < -0.39 is 6.10 Å². The molecule has 0 aliphatic carbocycles. The van der Waals surface area contributed by atoms with E-state index in [0.29, 0.717) is 24.5 Å². The Hall–Kier alpha value is -2.06. The van der Waals surface area contributed by atoms with Crippen molar-refractivity contribution in [3.05, 3.63) is 29.8 Å². The summed E-state index contributed by atoms with van der Waals surface area (Å²) in [5, 5.41) is 11.7. The highest BCUT2D eigenvalue weighted by atomic mass is 16.5. The van der Waals surface area contributed by atoms with E-state index in [9.17, 15) is 4.79 Å². The molecule has 0 aliphatic rings. The van der Waals surface area contributed by atoms with E-state index in [-0.39, 0.29) is 5.91 Å². The fourth-order valence-electron chi connectivity index (χ4n) is 1.48. The lowest BCUT2D eigenvalue weighted by molar-refractivity contribution is -0.127. The molecule has 0 aliphatic heterocycles. The molecule has 0 radical (unpaired) electrons. The molecule has 5 nitrogen and oxygen atoms in total. The summed E-state index contributed by atoms with van der Waals surface area (Å²) in [7, 11) is 1.62. The van der Waals surface area contributed by atoms with Crippen molar-refractivity contribution in [2.24, 2.45) is 0 Å². The van der Waals surface area contributed by atoms with E-state index in [4.69, 9.17) is 14.7 Å². The Morgan fingerprint density at radius 2 is 2.21 bits per heavy atom. The molecule has 1 atom stereocenters. The Morgan fingerprint density at radius 1 is 1.47 bits per heavy atom. The third-order valence-electron chi connectivity index (χ3n) is 2.50. The van der Waals surface area contributed by atoms with E-state index >= 15 is 0 Å². The van der Waals surface area contributed by atoms with Gasteiger partial charge in [0.25, 0.3) is 5.91 Å². The van der Waals surface area contributed by atoms with Crippen LogP contribution in [0.25, 0.3) is 0 Å². The lowest BCUT2D eigenvalue weighted by Gasteiger charge is -2.15. The molecule has 1 unspecified atom stereocenters. The highest BCUT2D eigenvalue weighted by Gasteiger charge is 2.15. The average Bonchev–Trinajstić information content (AvgIpc) is 2.44. The highest BCUT2D eigenvalue weighted by molar-refractivity contribution is 5.80. The van der Waals surface area contributed by atoms with Gasteiger partial charge in [-0.3, -0.25) is 4.79 Å². The first-order chi connectivity index (χ1) is 9.19. The number of carbonyl (C=O) groups is 1. The van der Waals surface area contributed by atoms with E-state index in [2.05, 4.69) is 5.32 Å². The van der Waals surface area contributed by atoms with Gasteiger partial charge in [0.05, 0.1) is 5.56 Å². The minimum Gasteiger partial charge on any atom is -0.480 e. The summed E-state index contributed by atoms with van der Waals surface area (Å²) in [6.45, 7) is 2.80. The number of hydrogen-bond donors (Lipinski definition) is 1. The molecule has 0 bridgehead atoms. The Labute approximate surface area is 113 Å². The van der Waals surface area contributed by atoms with E-state index in [1.54, 1.807) is 38.3 Å². The zero-order chi connectivity index (χ0) is 14.1. The van der Waals surface area contributed by atoms with Crippen molar-refractivity contribution in [3.63, 3.8) is 0 Å². The highest BCUT2D eigenvalue weighted by Crippen LogP contribution is 2.17. The Morgan fingerprint density at radius 3 is 2.89 bits per heavy atom. The number of hydrogen-bond acceptors (Lipinski definition) is 4. The zero-order valence-corrected chi connectivity index (χ0v) is 11.2. The Kier molecular flexibility index (Phi) is 6.41. The summed E-state index contributed by atoms with van der Waals surface area (Å²) in [6.07, 6.45) is 0.112. The van der Waals surface area contributed by atoms with Gasteiger partial charge in [0.1, 0.15) is 11.8 Å². The topological polar surface area (TPSA) is 71.3 Å². The zero-order valence-electron chi connectivity index (χ0n) is 11.2. The van der Waals surface area contributed by atoms with Crippen LogP contribution in [0.5, 0.6) is 5.75 Å². The van der Waals surface area contributed by atoms with Gasteiger partial charge in [-0.1, -0.05) is 12.1 Å². The van der Waals surface area contributed by atoms with Gasteiger partial charge in [0, 0.05) is 20.3 Å². The normalized spacial score (nSPS) is 11.4. The number of benzene rings is 1. The van der Waals surface area contributed by atoms with Crippen LogP contribution in [0, 0.1) is 11.3 Å². The van der Waals surface area contributed by atoms with Crippen molar-refractivity contribution in [3.8, 4) is 11.8 Å². The molecule has 102 valence electrons. The number of amides is 1. The van der Waals surface area contributed by atoms with Gasteiger partial charge in [-0.15, -0.1) is 0 Å². The van der Waals surface area contributed by atoms with Crippen molar-refractivity contribution < 1.29 is 14.3 Å². The second-order valence-electron chi connectivity index (χ2n) is 4.01. The number of nitrogens with one attached hydrogen (secondary N) is 1. The SMILES string of the molecule is COCCCNC(=O)C(C)Oc1ccccc1C#N. The van der Waals surface area contributed by atoms with Gasteiger partial charge in [-0.2, -0.15) is 5.26 Å². The molecular weight excluding hydrogens is 244 g/mol. The summed E-state index contributed by atoms with van der Waals surface area (Å²) in [4.78, 5) is 11.8. The maximum atomic E-state index is 11.8. The molecule has 0 spiro atoms. The second-order valence-corrected chi connectivity index (χ2v) is 4.01. The van der Waals surface area contributed by atoms with Gasteiger partial charge < -0.3 is 14.8 Å². The van der Waals surface area contributed by atoms with Gasteiger partial charge >= 0.3 is 0 Å². The Bertz CT molecular complexity index is 454. The molecule has 1 N–H and O–H groups in total.